The summed E-state index contributed by atoms with van der Waals surface area (Å²) in [7, 11) is 2.07. The second kappa shape index (κ2) is 5.07. The van der Waals surface area contributed by atoms with E-state index in [1.54, 1.807) is 13.8 Å². The molecule has 92 valence electrons. The molecule has 1 aliphatic heterocycles. The van der Waals surface area contributed by atoms with Crippen molar-refractivity contribution in [1.29, 1.82) is 0 Å². The van der Waals surface area contributed by atoms with Gasteiger partial charge in [0.05, 0.1) is 10.4 Å². The van der Waals surface area contributed by atoms with E-state index in [4.69, 9.17) is 18.0 Å². The Morgan fingerprint density at radius 2 is 1.81 bits per heavy atom. The number of rotatable bonds is 3. The Kier molecular flexibility index (Phi) is 4.23. The van der Waals surface area contributed by atoms with Crippen LogP contribution in [-0.4, -0.2) is 54.0 Å². The van der Waals surface area contributed by atoms with Crippen molar-refractivity contribution in [2.75, 3.05) is 33.2 Å². The number of piperazine rings is 1. The third-order valence-electron chi connectivity index (χ3n) is 2.95. The Bertz CT molecular complexity index is 285. The molecule has 1 aliphatic rings. The van der Waals surface area contributed by atoms with Gasteiger partial charge in [0.15, 0.2) is 0 Å². The van der Waals surface area contributed by atoms with Gasteiger partial charge in [0.2, 0.25) is 5.91 Å². The number of nitrogens with two attached hydrogens (primary N) is 1. The molecule has 0 atom stereocenters. The summed E-state index contributed by atoms with van der Waals surface area (Å²) in [6.45, 7) is 7.04. The number of carbonyl (C=O) groups excluding carboxylic acids is 1. The zero-order valence-corrected chi connectivity index (χ0v) is 10.9. The van der Waals surface area contributed by atoms with Crippen molar-refractivity contribution in [2.45, 2.75) is 13.8 Å². The van der Waals surface area contributed by atoms with Gasteiger partial charge in [-0.3, -0.25) is 10.2 Å². The second-order valence-electron chi connectivity index (χ2n) is 4.72. The number of likely N-dealkylation sites (N-methyl/N-ethyl adjacent to an activating group) is 1. The Labute approximate surface area is 102 Å². The van der Waals surface area contributed by atoms with Gasteiger partial charge in [-0.2, -0.15) is 0 Å². The average Bonchev–Trinajstić information content (AvgIpc) is 2.21. The lowest BCUT2D eigenvalue weighted by molar-refractivity contribution is -0.132. The zero-order chi connectivity index (χ0) is 12.3. The lowest BCUT2D eigenvalue weighted by Crippen LogP contribution is -2.56. The van der Waals surface area contributed by atoms with Crippen molar-refractivity contribution in [3.8, 4) is 0 Å². The van der Waals surface area contributed by atoms with Gasteiger partial charge < -0.3 is 10.6 Å². The van der Waals surface area contributed by atoms with Crippen molar-refractivity contribution in [3.63, 3.8) is 0 Å². The lowest BCUT2D eigenvalue weighted by Gasteiger charge is -2.34. The largest absolute Gasteiger partial charge is 0.392 e. The summed E-state index contributed by atoms with van der Waals surface area (Å²) in [5.74, 6) is -0.135. The lowest BCUT2D eigenvalue weighted by atomic mass is 9.93. The second-order valence-corrected chi connectivity index (χ2v) is 5.16. The van der Waals surface area contributed by atoms with E-state index in [1.165, 1.54) is 0 Å². The maximum atomic E-state index is 11.9. The zero-order valence-electron chi connectivity index (χ0n) is 10.1. The Morgan fingerprint density at radius 1 is 1.31 bits per heavy atom. The van der Waals surface area contributed by atoms with Gasteiger partial charge in [0.1, 0.15) is 0 Å². The van der Waals surface area contributed by atoms with Crippen LogP contribution >= 0.6 is 12.2 Å². The Morgan fingerprint density at radius 3 is 2.25 bits per heavy atom. The SMILES string of the molecule is CN1CCN(NC(=O)C(C)(C)C(N)=S)CC1. The highest BCUT2D eigenvalue weighted by Gasteiger charge is 2.32. The summed E-state index contributed by atoms with van der Waals surface area (Å²) in [6.07, 6.45) is 0. The van der Waals surface area contributed by atoms with Crippen molar-refractivity contribution in [2.24, 2.45) is 11.1 Å². The number of hydrazine groups is 1. The predicted octanol–water partition coefficient (Wildman–Crippen LogP) is -0.423. The minimum Gasteiger partial charge on any atom is -0.392 e. The standard InChI is InChI=1S/C10H20N4OS/c1-10(2,8(11)16)9(15)12-14-6-4-13(3)5-7-14/h4-7H2,1-3H3,(H2,11,16)(H,12,15). The number of nitrogens with zero attached hydrogens (tertiary/aromatic N) is 2. The molecule has 0 saturated carbocycles. The van der Waals surface area contributed by atoms with Crippen LogP contribution in [0.5, 0.6) is 0 Å². The van der Waals surface area contributed by atoms with Crippen LogP contribution in [0.3, 0.4) is 0 Å². The monoisotopic (exact) mass is 244 g/mol. The smallest absolute Gasteiger partial charge is 0.246 e. The third kappa shape index (κ3) is 3.13. The van der Waals surface area contributed by atoms with Gasteiger partial charge in [-0.1, -0.05) is 12.2 Å². The number of hydrogen-bond donors (Lipinski definition) is 2. The van der Waals surface area contributed by atoms with E-state index in [2.05, 4.69) is 17.4 Å². The molecular formula is C10H20N4OS. The predicted molar refractivity (Wildman–Crippen MR) is 67.8 cm³/mol. The van der Waals surface area contributed by atoms with E-state index < -0.39 is 5.41 Å². The van der Waals surface area contributed by atoms with Crippen molar-refractivity contribution < 1.29 is 4.79 Å². The van der Waals surface area contributed by atoms with E-state index in [0.29, 0.717) is 0 Å². The highest BCUT2D eigenvalue weighted by atomic mass is 32.1. The Hall–Kier alpha value is -0.720. The fraction of sp³-hybridized carbons (Fsp3) is 0.800. The quantitative estimate of drug-likeness (QED) is 0.660. The minimum absolute atomic E-state index is 0.135. The van der Waals surface area contributed by atoms with Crippen LogP contribution < -0.4 is 11.2 Å². The number of thiocarbonyl (C=S) groups is 1. The average molecular weight is 244 g/mol. The minimum atomic E-state index is -0.793. The van der Waals surface area contributed by atoms with E-state index in [1.807, 2.05) is 5.01 Å². The maximum absolute atomic E-state index is 11.9. The normalized spacial score (nSPS) is 19.4. The Balaban J connectivity index is 2.49. The van der Waals surface area contributed by atoms with Crippen LogP contribution in [-0.2, 0) is 4.79 Å². The molecule has 0 aliphatic carbocycles. The van der Waals surface area contributed by atoms with E-state index in [0.717, 1.165) is 26.2 Å². The van der Waals surface area contributed by atoms with E-state index in [-0.39, 0.29) is 10.9 Å². The summed E-state index contributed by atoms with van der Waals surface area (Å²) in [5, 5.41) is 1.92. The maximum Gasteiger partial charge on any atom is 0.246 e. The van der Waals surface area contributed by atoms with Crippen LogP contribution in [0.25, 0.3) is 0 Å². The number of amides is 1. The third-order valence-corrected chi connectivity index (χ3v) is 3.46. The van der Waals surface area contributed by atoms with Crippen LogP contribution in [0, 0.1) is 5.41 Å². The number of hydrogen-bond acceptors (Lipinski definition) is 4. The number of carbonyl (C=O) groups is 1. The molecule has 0 aromatic heterocycles. The van der Waals surface area contributed by atoms with Gasteiger partial charge in [-0.25, -0.2) is 5.01 Å². The molecule has 3 N–H and O–H groups in total. The summed E-state index contributed by atoms with van der Waals surface area (Å²) < 4.78 is 0. The molecule has 0 bridgehead atoms. The van der Waals surface area contributed by atoms with Gasteiger partial charge in [-0.15, -0.1) is 0 Å². The van der Waals surface area contributed by atoms with Crippen LogP contribution in [0.15, 0.2) is 0 Å². The van der Waals surface area contributed by atoms with Crippen molar-refractivity contribution >= 4 is 23.1 Å². The van der Waals surface area contributed by atoms with E-state index >= 15 is 0 Å². The highest BCUT2D eigenvalue weighted by Crippen LogP contribution is 2.15. The molecule has 1 saturated heterocycles. The molecule has 0 aromatic rings. The molecule has 1 heterocycles. The molecule has 6 heteroatoms. The van der Waals surface area contributed by atoms with Crippen LogP contribution in [0.2, 0.25) is 0 Å². The van der Waals surface area contributed by atoms with Crippen molar-refractivity contribution in [3.05, 3.63) is 0 Å². The van der Waals surface area contributed by atoms with Crippen LogP contribution in [0.1, 0.15) is 13.8 Å². The first-order valence-electron chi connectivity index (χ1n) is 5.38. The molecule has 1 fully saturated rings. The summed E-state index contributed by atoms with van der Waals surface area (Å²) >= 11 is 4.88. The fourth-order valence-corrected chi connectivity index (χ4v) is 1.41. The first-order valence-corrected chi connectivity index (χ1v) is 5.79. The molecule has 0 radical (unpaired) electrons. The molecule has 1 rings (SSSR count). The first-order chi connectivity index (χ1) is 7.34. The topological polar surface area (TPSA) is 61.6 Å². The molecule has 0 unspecified atom stereocenters. The molecule has 16 heavy (non-hydrogen) atoms. The number of nitrogens with one attached hydrogen (secondary N) is 1. The molecule has 1 amide bonds. The summed E-state index contributed by atoms with van der Waals surface area (Å²) in [4.78, 5) is 14.4. The van der Waals surface area contributed by atoms with Gasteiger partial charge >= 0.3 is 0 Å². The van der Waals surface area contributed by atoms with Crippen molar-refractivity contribution in [1.82, 2.24) is 15.3 Å². The first kappa shape index (κ1) is 13.3. The fourth-order valence-electron chi connectivity index (χ4n) is 1.31. The highest BCUT2D eigenvalue weighted by molar-refractivity contribution is 7.80. The molecule has 0 aromatic carbocycles. The summed E-state index contributed by atoms with van der Waals surface area (Å²) in [5.41, 5.74) is 7.61. The van der Waals surface area contributed by atoms with Crippen LogP contribution in [0.4, 0.5) is 0 Å². The summed E-state index contributed by atoms with van der Waals surface area (Å²) in [6, 6.07) is 0. The van der Waals surface area contributed by atoms with Gasteiger partial charge in [-0.05, 0) is 20.9 Å². The van der Waals surface area contributed by atoms with Gasteiger partial charge in [0.25, 0.3) is 0 Å². The molecular weight excluding hydrogens is 224 g/mol. The van der Waals surface area contributed by atoms with Gasteiger partial charge in [0, 0.05) is 26.2 Å². The molecule has 0 spiro atoms. The molecule has 5 nitrogen and oxygen atoms in total. The van der Waals surface area contributed by atoms with E-state index in [9.17, 15) is 4.79 Å².